The first-order valence-corrected chi connectivity index (χ1v) is 13.5. The minimum Gasteiger partial charge on any atom is -0.322 e. The number of aryl methyl sites for hydroxylation is 3. The number of nitrogens with zero attached hydrogens (tertiary/aromatic N) is 4. The van der Waals surface area contributed by atoms with Gasteiger partial charge in [0.15, 0.2) is 4.80 Å². The van der Waals surface area contributed by atoms with E-state index in [0.29, 0.717) is 20.6 Å². The summed E-state index contributed by atoms with van der Waals surface area (Å²) in [5, 5.41) is 9.59. The fraction of sp³-hybridized carbons (Fsp3) is 0.259. The lowest BCUT2D eigenvalue weighted by Crippen LogP contribution is -2.40. The van der Waals surface area contributed by atoms with Gasteiger partial charge in [-0.15, -0.1) is 11.3 Å². The highest BCUT2D eigenvalue weighted by molar-refractivity contribution is 7.10. The van der Waals surface area contributed by atoms with Gasteiger partial charge in [-0.1, -0.05) is 35.6 Å². The van der Waals surface area contributed by atoms with Crippen LogP contribution in [0.5, 0.6) is 0 Å². The van der Waals surface area contributed by atoms with Crippen LogP contribution in [-0.2, 0) is 11.3 Å². The van der Waals surface area contributed by atoms with Crippen LogP contribution in [0.3, 0.4) is 0 Å². The normalized spacial score (nSPS) is 15.7. The van der Waals surface area contributed by atoms with Gasteiger partial charge in [-0.05, 0) is 63.8 Å². The summed E-state index contributed by atoms with van der Waals surface area (Å²) >= 11 is 2.87. The quantitative estimate of drug-likeness (QED) is 0.433. The van der Waals surface area contributed by atoms with E-state index < -0.39 is 6.04 Å². The molecule has 0 fully saturated rings. The van der Waals surface area contributed by atoms with Gasteiger partial charge in [-0.3, -0.25) is 18.8 Å². The van der Waals surface area contributed by atoms with Gasteiger partial charge in [0.1, 0.15) is 6.04 Å². The molecule has 0 bridgehead atoms. The molecule has 1 aliphatic heterocycles. The lowest BCUT2D eigenvalue weighted by molar-refractivity contribution is -0.113. The molecule has 5 rings (SSSR count). The number of carbonyl (C=O) groups excluding carboxylic acids is 1. The van der Waals surface area contributed by atoms with Crippen LogP contribution >= 0.6 is 22.7 Å². The molecule has 0 unspecified atom stereocenters. The van der Waals surface area contributed by atoms with Crippen molar-refractivity contribution in [3.05, 3.63) is 100 Å². The van der Waals surface area contributed by atoms with Crippen LogP contribution in [0.1, 0.15) is 47.3 Å². The number of hydrogen-bond acceptors (Lipinski definition) is 6. The molecule has 3 aromatic heterocycles. The van der Waals surface area contributed by atoms with Gasteiger partial charge < -0.3 is 5.32 Å². The minimum absolute atomic E-state index is 0.158. The Hall–Kier alpha value is -3.56. The van der Waals surface area contributed by atoms with Crippen molar-refractivity contribution in [2.45, 2.75) is 47.2 Å². The van der Waals surface area contributed by atoms with Crippen LogP contribution in [0.25, 0.3) is 6.08 Å². The van der Waals surface area contributed by atoms with Crippen molar-refractivity contribution in [3.8, 4) is 0 Å². The molecule has 0 spiro atoms. The Balaban J connectivity index is 1.66. The molecule has 36 heavy (non-hydrogen) atoms. The number of hydrogen-bond donors (Lipinski definition) is 1. The summed E-state index contributed by atoms with van der Waals surface area (Å²) in [7, 11) is 0. The van der Waals surface area contributed by atoms with Crippen LogP contribution in [0.15, 0.2) is 62.8 Å². The summed E-state index contributed by atoms with van der Waals surface area (Å²) in [5.74, 6) is -0.255. The van der Waals surface area contributed by atoms with Gasteiger partial charge in [0.25, 0.3) is 11.5 Å². The third kappa shape index (κ3) is 4.08. The number of carbonyl (C=O) groups is 1. The van der Waals surface area contributed by atoms with Gasteiger partial charge in [0.05, 0.1) is 21.5 Å². The maximum atomic E-state index is 13.8. The number of rotatable bonds is 5. The zero-order valence-electron chi connectivity index (χ0n) is 20.8. The van der Waals surface area contributed by atoms with E-state index in [9.17, 15) is 9.59 Å². The zero-order valence-corrected chi connectivity index (χ0v) is 22.5. The molecule has 184 valence electrons. The Morgan fingerprint density at radius 3 is 2.58 bits per heavy atom. The number of para-hydroxylation sites is 1. The third-order valence-corrected chi connectivity index (χ3v) is 8.39. The number of fused-ring (bicyclic) bond motifs is 1. The van der Waals surface area contributed by atoms with E-state index in [1.165, 1.54) is 22.7 Å². The third-order valence-electron chi connectivity index (χ3n) is 6.48. The Morgan fingerprint density at radius 1 is 1.14 bits per heavy atom. The highest BCUT2D eigenvalue weighted by Gasteiger charge is 2.33. The number of thiophene rings is 1. The summed E-state index contributed by atoms with van der Waals surface area (Å²) in [5.41, 5.74) is 5.48. The first-order valence-electron chi connectivity index (χ1n) is 11.8. The van der Waals surface area contributed by atoms with Crippen LogP contribution in [0.2, 0.25) is 0 Å². The topological polar surface area (TPSA) is 81.3 Å². The molecule has 0 radical (unpaired) electrons. The summed E-state index contributed by atoms with van der Waals surface area (Å²) in [6.45, 7) is 10.6. The van der Waals surface area contributed by atoms with Crippen LogP contribution in [0, 0.1) is 20.8 Å². The molecule has 4 heterocycles. The van der Waals surface area contributed by atoms with Gasteiger partial charge >= 0.3 is 0 Å². The average molecular weight is 518 g/mol. The van der Waals surface area contributed by atoms with Gasteiger partial charge in [0, 0.05) is 28.4 Å². The molecule has 4 aromatic rings. The molecule has 1 N–H and O–H groups in total. The van der Waals surface area contributed by atoms with E-state index in [0.717, 1.165) is 39.6 Å². The highest BCUT2D eigenvalue weighted by Crippen LogP contribution is 2.33. The van der Waals surface area contributed by atoms with Crippen molar-refractivity contribution < 1.29 is 4.79 Å². The van der Waals surface area contributed by atoms with Crippen LogP contribution in [-0.4, -0.2) is 20.3 Å². The molecule has 1 atom stereocenters. The molecule has 7 nitrogen and oxygen atoms in total. The predicted molar refractivity (Wildman–Crippen MR) is 145 cm³/mol. The van der Waals surface area contributed by atoms with E-state index in [2.05, 4.69) is 10.4 Å². The molecule has 1 amide bonds. The van der Waals surface area contributed by atoms with Crippen LogP contribution in [0.4, 0.5) is 5.69 Å². The van der Waals surface area contributed by atoms with Crippen molar-refractivity contribution in [1.29, 1.82) is 0 Å². The second-order valence-electron chi connectivity index (χ2n) is 8.77. The van der Waals surface area contributed by atoms with E-state index in [1.54, 1.807) is 4.57 Å². The summed E-state index contributed by atoms with van der Waals surface area (Å²) in [6, 6.07) is 11.0. The Kier molecular flexibility index (Phi) is 6.36. The van der Waals surface area contributed by atoms with E-state index >= 15 is 0 Å². The highest BCUT2D eigenvalue weighted by atomic mass is 32.1. The second kappa shape index (κ2) is 9.48. The first-order chi connectivity index (χ1) is 17.3. The van der Waals surface area contributed by atoms with Gasteiger partial charge in [-0.25, -0.2) is 4.99 Å². The fourth-order valence-corrected chi connectivity index (χ4v) is 6.44. The van der Waals surface area contributed by atoms with Crippen molar-refractivity contribution >= 4 is 40.3 Å². The number of nitrogens with one attached hydrogen (secondary N) is 1. The number of allylic oxidation sites excluding steroid dienone is 1. The van der Waals surface area contributed by atoms with E-state index in [-0.39, 0.29) is 11.5 Å². The number of thiazole rings is 1. The van der Waals surface area contributed by atoms with Gasteiger partial charge in [0.2, 0.25) is 0 Å². The van der Waals surface area contributed by atoms with E-state index in [4.69, 9.17) is 4.99 Å². The smallest absolute Gasteiger partial charge is 0.271 e. The fourth-order valence-electron chi connectivity index (χ4n) is 4.59. The Labute approximate surface area is 216 Å². The monoisotopic (exact) mass is 517 g/mol. The molecule has 1 aromatic carbocycles. The maximum absolute atomic E-state index is 13.8. The standard InChI is InChI=1S/C27H27N5O2S2/c1-6-31-18(5)19(16(3)30-31)14-22-26(34)32-24(21-12-9-13-35-21)23(17(4)28-27(32)36-22)25(33)29-20-11-8-7-10-15(20)2/h7-14,24H,6H2,1-5H3,(H,29,33)/b22-14-/t24-/m1/s1. The van der Waals surface area contributed by atoms with Crippen molar-refractivity contribution in [2.75, 3.05) is 5.32 Å². The van der Waals surface area contributed by atoms with Gasteiger partial charge in [-0.2, -0.15) is 5.10 Å². The SMILES string of the molecule is CCn1nc(C)c(/C=c2\sc3n(c2=O)[C@H](c2cccs2)C(C(=O)Nc2ccccc2C)=C(C)N=3)c1C. The summed E-state index contributed by atoms with van der Waals surface area (Å²) < 4.78 is 4.17. The predicted octanol–water partition coefficient (Wildman–Crippen LogP) is 4.08. The average Bonchev–Trinajstić information content (AvgIpc) is 3.55. The zero-order chi connectivity index (χ0) is 25.6. The largest absolute Gasteiger partial charge is 0.322 e. The number of amides is 1. The van der Waals surface area contributed by atoms with Crippen molar-refractivity contribution in [2.24, 2.45) is 4.99 Å². The Morgan fingerprint density at radius 2 is 1.92 bits per heavy atom. The van der Waals surface area contributed by atoms with E-state index in [1.807, 2.05) is 87.2 Å². The second-order valence-corrected chi connectivity index (χ2v) is 10.8. The maximum Gasteiger partial charge on any atom is 0.271 e. The first kappa shape index (κ1) is 24.1. The molecule has 0 saturated carbocycles. The van der Waals surface area contributed by atoms with Crippen LogP contribution < -0.4 is 20.2 Å². The molecule has 0 aliphatic carbocycles. The van der Waals surface area contributed by atoms with Crippen molar-refractivity contribution in [1.82, 2.24) is 14.3 Å². The molecule has 1 aliphatic rings. The lowest BCUT2D eigenvalue weighted by Gasteiger charge is -2.24. The molecular formula is C27H27N5O2S2. The van der Waals surface area contributed by atoms with Crippen molar-refractivity contribution in [3.63, 3.8) is 0 Å². The number of aromatic nitrogens is 3. The Bertz CT molecular complexity index is 1690. The summed E-state index contributed by atoms with van der Waals surface area (Å²) in [4.78, 5) is 33.7. The number of anilines is 1. The summed E-state index contributed by atoms with van der Waals surface area (Å²) in [6.07, 6.45) is 1.91. The lowest BCUT2D eigenvalue weighted by atomic mass is 10.0. The molecule has 0 saturated heterocycles. The molecule has 9 heteroatoms. The molecular weight excluding hydrogens is 490 g/mol. The number of benzene rings is 1. The minimum atomic E-state index is -0.548.